The van der Waals surface area contributed by atoms with E-state index < -0.39 is 0 Å². The van der Waals surface area contributed by atoms with Crippen molar-refractivity contribution in [1.29, 1.82) is 0 Å². The Labute approximate surface area is 121 Å². The molecule has 112 valence electrons. The number of nitrogens with zero attached hydrogens (tertiary/aromatic N) is 3. The van der Waals surface area contributed by atoms with Gasteiger partial charge in [-0.2, -0.15) is 5.10 Å². The molecular formula is C16H27N3O. The zero-order valence-corrected chi connectivity index (χ0v) is 12.4. The lowest BCUT2D eigenvalue weighted by atomic mass is 9.76. The monoisotopic (exact) mass is 277 g/mol. The molecule has 1 aromatic heterocycles. The maximum Gasteiger partial charge on any atom is 0.0499 e. The third kappa shape index (κ3) is 3.61. The molecule has 3 rings (SSSR count). The van der Waals surface area contributed by atoms with Crippen molar-refractivity contribution < 1.29 is 5.11 Å². The highest BCUT2D eigenvalue weighted by molar-refractivity contribution is 4.91. The predicted molar refractivity (Wildman–Crippen MR) is 79.4 cm³/mol. The number of piperidine rings is 1. The van der Waals surface area contributed by atoms with Crippen molar-refractivity contribution >= 4 is 0 Å². The summed E-state index contributed by atoms with van der Waals surface area (Å²) in [4.78, 5) is 2.56. The normalized spacial score (nSPS) is 27.9. The first kappa shape index (κ1) is 14.1. The lowest BCUT2D eigenvalue weighted by Crippen LogP contribution is -2.46. The summed E-state index contributed by atoms with van der Waals surface area (Å²) < 4.78 is 2.01. The first-order valence-corrected chi connectivity index (χ1v) is 8.10. The molecule has 0 amide bonds. The summed E-state index contributed by atoms with van der Waals surface area (Å²) in [5.74, 6) is 0.908. The topological polar surface area (TPSA) is 41.3 Å². The molecule has 2 heterocycles. The Morgan fingerprint density at radius 1 is 1.30 bits per heavy atom. The molecule has 1 aliphatic heterocycles. The number of hydrogen-bond donors (Lipinski definition) is 1. The molecule has 1 aromatic rings. The van der Waals surface area contributed by atoms with Crippen LogP contribution in [0.4, 0.5) is 0 Å². The molecule has 1 aliphatic carbocycles. The van der Waals surface area contributed by atoms with Crippen LogP contribution in [0.5, 0.6) is 0 Å². The van der Waals surface area contributed by atoms with Crippen LogP contribution >= 0.6 is 0 Å². The van der Waals surface area contributed by atoms with Gasteiger partial charge in [0.1, 0.15) is 0 Å². The Bertz CT molecular complexity index is 402. The minimum absolute atomic E-state index is 0.200. The van der Waals surface area contributed by atoms with Crippen molar-refractivity contribution in [3.63, 3.8) is 0 Å². The molecule has 0 unspecified atom stereocenters. The fraction of sp³-hybridized carbons (Fsp3) is 0.812. The maximum atomic E-state index is 9.87. The van der Waals surface area contributed by atoms with E-state index >= 15 is 0 Å². The second kappa shape index (κ2) is 6.27. The molecule has 0 spiro atoms. The summed E-state index contributed by atoms with van der Waals surface area (Å²) in [6, 6.07) is 1.98. The average molecular weight is 277 g/mol. The average Bonchev–Trinajstić information content (AvgIpc) is 3.11. The molecule has 2 aliphatic rings. The Balaban J connectivity index is 1.46. The summed E-state index contributed by atoms with van der Waals surface area (Å²) in [6.07, 6.45) is 11.5. The highest BCUT2D eigenvalue weighted by Gasteiger charge is 2.39. The molecule has 0 bridgehead atoms. The van der Waals surface area contributed by atoms with Gasteiger partial charge >= 0.3 is 0 Å². The van der Waals surface area contributed by atoms with Gasteiger partial charge in [-0.05, 0) is 50.8 Å². The van der Waals surface area contributed by atoms with E-state index in [1.54, 1.807) is 0 Å². The first-order valence-electron chi connectivity index (χ1n) is 8.10. The van der Waals surface area contributed by atoms with Crippen LogP contribution in [-0.2, 0) is 6.54 Å². The number of aliphatic hydroxyl groups excluding tert-OH is 1. The van der Waals surface area contributed by atoms with E-state index in [0.717, 1.165) is 32.0 Å². The van der Waals surface area contributed by atoms with Gasteiger partial charge in [0.25, 0.3) is 0 Å². The Morgan fingerprint density at radius 3 is 2.90 bits per heavy atom. The van der Waals surface area contributed by atoms with Crippen molar-refractivity contribution in [2.24, 2.45) is 11.3 Å². The third-order valence-corrected chi connectivity index (χ3v) is 4.92. The van der Waals surface area contributed by atoms with Crippen molar-refractivity contribution in [2.45, 2.75) is 45.1 Å². The number of aromatic nitrogens is 2. The van der Waals surface area contributed by atoms with E-state index in [-0.39, 0.29) is 5.41 Å². The van der Waals surface area contributed by atoms with E-state index in [1.807, 2.05) is 23.1 Å². The predicted octanol–water partition coefficient (Wildman–Crippen LogP) is 2.15. The largest absolute Gasteiger partial charge is 0.396 e. The van der Waals surface area contributed by atoms with E-state index in [1.165, 1.54) is 38.6 Å². The minimum atomic E-state index is 0.200. The van der Waals surface area contributed by atoms with E-state index in [2.05, 4.69) is 10.00 Å². The van der Waals surface area contributed by atoms with Gasteiger partial charge in [-0.15, -0.1) is 0 Å². The van der Waals surface area contributed by atoms with Crippen molar-refractivity contribution in [1.82, 2.24) is 14.7 Å². The van der Waals surface area contributed by atoms with Gasteiger partial charge in [0.2, 0.25) is 0 Å². The van der Waals surface area contributed by atoms with E-state index in [0.29, 0.717) is 6.61 Å². The summed E-state index contributed by atoms with van der Waals surface area (Å²) in [5, 5.41) is 14.1. The van der Waals surface area contributed by atoms with Crippen LogP contribution in [0.15, 0.2) is 18.5 Å². The SMILES string of the molecule is OC[C@@]1(CC2CC2)CCCN(CCCn2cccn2)C1. The maximum absolute atomic E-state index is 9.87. The van der Waals surface area contributed by atoms with Crippen molar-refractivity contribution in [3.05, 3.63) is 18.5 Å². The number of likely N-dealkylation sites (tertiary alicyclic amines) is 1. The quantitative estimate of drug-likeness (QED) is 0.830. The number of rotatable bonds is 7. The fourth-order valence-corrected chi connectivity index (χ4v) is 3.68. The molecule has 0 radical (unpaired) electrons. The van der Waals surface area contributed by atoms with Gasteiger partial charge in [0, 0.05) is 37.5 Å². The smallest absolute Gasteiger partial charge is 0.0499 e. The zero-order valence-electron chi connectivity index (χ0n) is 12.4. The lowest BCUT2D eigenvalue weighted by molar-refractivity contribution is 0.0205. The Kier molecular flexibility index (Phi) is 4.41. The molecule has 1 atom stereocenters. The molecule has 1 saturated carbocycles. The highest BCUT2D eigenvalue weighted by Crippen LogP contribution is 2.44. The fourth-order valence-electron chi connectivity index (χ4n) is 3.68. The second-order valence-electron chi connectivity index (χ2n) is 6.81. The number of hydrogen-bond acceptors (Lipinski definition) is 3. The molecule has 4 nitrogen and oxygen atoms in total. The van der Waals surface area contributed by atoms with Crippen LogP contribution in [0.2, 0.25) is 0 Å². The van der Waals surface area contributed by atoms with Gasteiger partial charge in [-0.3, -0.25) is 4.68 Å². The molecular weight excluding hydrogens is 250 g/mol. The first-order chi connectivity index (χ1) is 9.80. The van der Waals surface area contributed by atoms with Crippen LogP contribution in [0.25, 0.3) is 0 Å². The molecule has 4 heteroatoms. The summed E-state index contributed by atoms with van der Waals surface area (Å²) in [5.41, 5.74) is 0.200. The molecule has 1 saturated heterocycles. The van der Waals surface area contributed by atoms with Crippen LogP contribution in [0, 0.1) is 11.3 Å². The molecule has 0 aromatic carbocycles. The molecule has 20 heavy (non-hydrogen) atoms. The van der Waals surface area contributed by atoms with Crippen molar-refractivity contribution in [3.8, 4) is 0 Å². The van der Waals surface area contributed by atoms with Gasteiger partial charge < -0.3 is 10.0 Å². The van der Waals surface area contributed by atoms with Gasteiger partial charge in [0.05, 0.1) is 0 Å². The minimum Gasteiger partial charge on any atom is -0.396 e. The Morgan fingerprint density at radius 2 is 2.20 bits per heavy atom. The van der Waals surface area contributed by atoms with Gasteiger partial charge in [0.15, 0.2) is 0 Å². The number of aryl methyl sites for hydroxylation is 1. The highest BCUT2D eigenvalue weighted by atomic mass is 16.3. The van der Waals surface area contributed by atoms with Crippen LogP contribution < -0.4 is 0 Å². The summed E-state index contributed by atoms with van der Waals surface area (Å²) >= 11 is 0. The standard InChI is InChI=1S/C16H27N3O/c20-14-16(12-15-4-5-15)6-1-8-18(13-16)9-3-11-19-10-2-7-17-19/h2,7,10,15,20H,1,3-6,8-9,11-14H2/t16-/m1/s1. The molecule has 1 N–H and O–H groups in total. The zero-order chi connectivity index (χ0) is 13.8. The summed E-state index contributed by atoms with van der Waals surface area (Å²) in [7, 11) is 0. The van der Waals surface area contributed by atoms with Gasteiger partial charge in [-0.25, -0.2) is 0 Å². The van der Waals surface area contributed by atoms with Crippen LogP contribution in [0.3, 0.4) is 0 Å². The van der Waals surface area contributed by atoms with Crippen LogP contribution in [-0.4, -0.2) is 46.0 Å². The summed E-state index contributed by atoms with van der Waals surface area (Å²) in [6.45, 7) is 4.80. The molecule has 2 fully saturated rings. The van der Waals surface area contributed by atoms with E-state index in [9.17, 15) is 5.11 Å². The lowest BCUT2D eigenvalue weighted by Gasteiger charge is -2.42. The van der Waals surface area contributed by atoms with E-state index in [4.69, 9.17) is 0 Å². The van der Waals surface area contributed by atoms with Crippen molar-refractivity contribution in [2.75, 3.05) is 26.2 Å². The Hall–Kier alpha value is -0.870. The third-order valence-electron chi connectivity index (χ3n) is 4.92. The van der Waals surface area contributed by atoms with Gasteiger partial charge in [-0.1, -0.05) is 12.8 Å². The van der Waals surface area contributed by atoms with Crippen LogP contribution in [0.1, 0.15) is 38.5 Å². The number of aliphatic hydroxyl groups is 1. The second-order valence-corrected chi connectivity index (χ2v) is 6.81.